The first-order valence-electron chi connectivity index (χ1n) is 5.03. The Hall–Kier alpha value is -1.85. The van der Waals surface area contributed by atoms with Crippen molar-refractivity contribution in [2.75, 3.05) is 0 Å². The second-order valence-corrected chi connectivity index (χ2v) is 3.65. The van der Waals surface area contributed by atoms with E-state index in [4.69, 9.17) is 5.11 Å². The maximum absolute atomic E-state index is 11.7. The molecule has 0 radical (unpaired) electrons. The molecule has 0 saturated heterocycles. The Bertz CT molecular complexity index is 411. The summed E-state index contributed by atoms with van der Waals surface area (Å²) < 4.78 is 1.31. The van der Waals surface area contributed by atoms with Gasteiger partial charge in [0.25, 0.3) is 5.91 Å². The van der Waals surface area contributed by atoms with Gasteiger partial charge in [0.05, 0.1) is 0 Å². The molecule has 6 heteroatoms. The van der Waals surface area contributed by atoms with E-state index in [1.807, 2.05) is 13.8 Å². The number of carbonyl (C=O) groups excluding carboxylic acids is 1. The molecule has 16 heavy (non-hydrogen) atoms. The van der Waals surface area contributed by atoms with Crippen LogP contribution in [-0.2, 0) is 7.05 Å². The fourth-order valence-electron chi connectivity index (χ4n) is 1.21. The molecule has 6 nitrogen and oxygen atoms in total. The van der Waals surface area contributed by atoms with E-state index in [-0.39, 0.29) is 17.3 Å². The summed E-state index contributed by atoms with van der Waals surface area (Å²) in [6.07, 6.45) is 2.09. The van der Waals surface area contributed by atoms with Crippen LogP contribution in [0.15, 0.2) is 6.20 Å². The Labute approximate surface area is 93.3 Å². The van der Waals surface area contributed by atoms with Gasteiger partial charge in [-0.1, -0.05) is 6.92 Å². The fraction of sp³-hybridized carbons (Fsp3) is 0.500. The van der Waals surface area contributed by atoms with Gasteiger partial charge >= 0.3 is 5.97 Å². The Morgan fingerprint density at radius 3 is 2.75 bits per heavy atom. The molecule has 1 aromatic heterocycles. The minimum atomic E-state index is -1.15. The first-order valence-corrected chi connectivity index (χ1v) is 5.03. The van der Waals surface area contributed by atoms with Gasteiger partial charge in [-0.2, -0.15) is 5.10 Å². The van der Waals surface area contributed by atoms with Crippen LogP contribution < -0.4 is 5.32 Å². The van der Waals surface area contributed by atoms with Gasteiger partial charge in [0.1, 0.15) is 5.56 Å². The number of aryl methyl sites for hydroxylation is 1. The van der Waals surface area contributed by atoms with Gasteiger partial charge in [-0.05, 0) is 13.3 Å². The predicted octanol–water partition coefficient (Wildman–Crippen LogP) is 0.647. The lowest BCUT2D eigenvalue weighted by Crippen LogP contribution is -2.33. The highest BCUT2D eigenvalue weighted by Gasteiger charge is 2.21. The molecule has 0 fully saturated rings. The number of rotatable bonds is 4. The second-order valence-electron chi connectivity index (χ2n) is 3.65. The molecule has 1 atom stereocenters. The van der Waals surface area contributed by atoms with Crippen LogP contribution in [0.1, 0.15) is 41.1 Å². The largest absolute Gasteiger partial charge is 0.478 e. The van der Waals surface area contributed by atoms with Gasteiger partial charge in [-0.3, -0.25) is 9.48 Å². The molecular weight excluding hydrogens is 210 g/mol. The molecule has 0 aliphatic heterocycles. The zero-order valence-electron chi connectivity index (χ0n) is 9.52. The van der Waals surface area contributed by atoms with Crippen LogP contribution in [0.2, 0.25) is 0 Å². The number of carbonyl (C=O) groups is 2. The minimum absolute atomic E-state index is 0.00356. The van der Waals surface area contributed by atoms with Crippen LogP contribution in [-0.4, -0.2) is 32.8 Å². The summed E-state index contributed by atoms with van der Waals surface area (Å²) in [4.78, 5) is 22.6. The smallest absolute Gasteiger partial charge is 0.339 e. The molecule has 1 heterocycles. The zero-order valence-corrected chi connectivity index (χ0v) is 9.52. The van der Waals surface area contributed by atoms with Crippen LogP contribution in [0.3, 0.4) is 0 Å². The molecule has 2 N–H and O–H groups in total. The highest BCUT2D eigenvalue weighted by atomic mass is 16.4. The van der Waals surface area contributed by atoms with Crippen molar-refractivity contribution in [3.8, 4) is 0 Å². The topological polar surface area (TPSA) is 84.2 Å². The van der Waals surface area contributed by atoms with Gasteiger partial charge in [-0.25, -0.2) is 4.79 Å². The average molecular weight is 225 g/mol. The average Bonchev–Trinajstić information content (AvgIpc) is 2.60. The molecule has 1 unspecified atom stereocenters. The van der Waals surface area contributed by atoms with Crippen molar-refractivity contribution in [1.29, 1.82) is 0 Å². The Balaban J connectivity index is 2.94. The van der Waals surface area contributed by atoms with Crippen LogP contribution in [0, 0.1) is 0 Å². The van der Waals surface area contributed by atoms with E-state index in [2.05, 4.69) is 10.4 Å². The molecule has 1 amide bonds. The third-order valence-corrected chi connectivity index (χ3v) is 2.26. The molecule has 0 aliphatic carbocycles. The van der Waals surface area contributed by atoms with Crippen molar-refractivity contribution in [3.63, 3.8) is 0 Å². The van der Waals surface area contributed by atoms with Crippen LogP contribution in [0.4, 0.5) is 0 Å². The van der Waals surface area contributed by atoms with Crippen molar-refractivity contribution in [1.82, 2.24) is 15.1 Å². The summed E-state index contributed by atoms with van der Waals surface area (Å²) in [6, 6.07) is -0.00356. The lowest BCUT2D eigenvalue weighted by atomic mass is 10.2. The second kappa shape index (κ2) is 4.78. The number of nitrogens with zero attached hydrogens (tertiary/aromatic N) is 2. The van der Waals surface area contributed by atoms with Gasteiger partial charge in [0.15, 0.2) is 5.69 Å². The number of nitrogens with one attached hydrogen (secondary N) is 1. The van der Waals surface area contributed by atoms with Gasteiger partial charge in [-0.15, -0.1) is 0 Å². The molecule has 1 aromatic rings. The van der Waals surface area contributed by atoms with Crippen LogP contribution in [0.25, 0.3) is 0 Å². The molecule has 0 saturated carbocycles. The Kier molecular flexibility index (Phi) is 3.65. The summed E-state index contributed by atoms with van der Waals surface area (Å²) in [6.45, 7) is 3.78. The lowest BCUT2D eigenvalue weighted by molar-refractivity contribution is 0.0690. The summed E-state index contributed by atoms with van der Waals surface area (Å²) in [5.74, 6) is -1.60. The van der Waals surface area contributed by atoms with Crippen molar-refractivity contribution >= 4 is 11.9 Å². The molecule has 0 bridgehead atoms. The molecular formula is C10H15N3O3. The first kappa shape index (κ1) is 12.2. The predicted molar refractivity (Wildman–Crippen MR) is 57.4 cm³/mol. The van der Waals surface area contributed by atoms with Crippen LogP contribution >= 0.6 is 0 Å². The van der Waals surface area contributed by atoms with E-state index in [1.165, 1.54) is 10.9 Å². The van der Waals surface area contributed by atoms with Gasteiger partial charge < -0.3 is 10.4 Å². The molecule has 1 rings (SSSR count). The summed E-state index contributed by atoms with van der Waals surface area (Å²) in [7, 11) is 1.58. The molecule has 0 spiro atoms. The normalized spacial score (nSPS) is 12.2. The van der Waals surface area contributed by atoms with E-state index >= 15 is 0 Å². The summed E-state index contributed by atoms with van der Waals surface area (Å²) in [5.41, 5.74) is -0.126. The summed E-state index contributed by atoms with van der Waals surface area (Å²) in [5, 5.41) is 15.4. The van der Waals surface area contributed by atoms with Crippen LogP contribution in [0.5, 0.6) is 0 Å². The van der Waals surface area contributed by atoms with E-state index in [0.29, 0.717) is 0 Å². The molecule has 88 valence electrons. The quantitative estimate of drug-likeness (QED) is 0.787. The maximum Gasteiger partial charge on any atom is 0.339 e. The number of hydrogen-bond acceptors (Lipinski definition) is 3. The van der Waals surface area contributed by atoms with Crippen molar-refractivity contribution < 1.29 is 14.7 Å². The van der Waals surface area contributed by atoms with Crippen molar-refractivity contribution in [2.24, 2.45) is 7.05 Å². The van der Waals surface area contributed by atoms with Crippen molar-refractivity contribution in [3.05, 3.63) is 17.5 Å². The minimum Gasteiger partial charge on any atom is -0.478 e. The number of aromatic carboxylic acids is 1. The number of aromatic nitrogens is 2. The number of amides is 1. The molecule has 0 aliphatic rings. The maximum atomic E-state index is 11.7. The van der Waals surface area contributed by atoms with E-state index in [1.54, 1.807) is 7.05 Å². The highest BCUT2D eigenvalue weighted by Crippen LogP contribution is 2.06. The SMILES string of the molecule is CCC(C)NC(=O)c1nn(C)cc1C(=O)O. The molecule has 0 aromatic carbocycles. The van der Waals surface area contributed by atoms with Gasteiger partial charge in [0.2, 0.25) is 0 Å². The number of carboxylic acid groups (broad SMARTS) is 1. The van der Waals surface area contributed by atoms with E-state index < -0.39 is 11.9 Å². The van der Waals surface area contributed by atoms with Gasteiger partial charge in [0, 0.05) is 19.3 Å². The monoisotopic (exact) mass is 225 g/mol. The Morgan fingerprint density at radius 1 is 1.62 bits per heavy atom. The summed E-state index contributed by atoms with van der Waals surface area (Å²) >= 11 is 0. The number of carboxylic acids is 1. The Morgan fingerprint density at radius 2 is 2.25 bits per heavy atom. The fourth-order valence-corrected chi connectivity index (χ4v) is 1.21. The van der Waals surface area contributed by atoms with E-state index in [0.717, 1.165) is 6.42 Å². The highest BCUT2D eigenvalue weighted by molar-refractivity contribution is 6.03. The van der Waals surface area contributed by atoms with E-state index in [9.17, 15) is 9.59 Å². The third kappa shape index (κ3) is 2.59. The zero-order chi connectivity index (χ0) is 12.3. The number of hydrogen-bond donors (Lipinski definition) is 2. The standard InChI is InChI=1S/C10H15N3O3/c1-4-6(2)11-9(14)8-7(10(15)16)5-13(3)12-8/h5-6H,4H2,1-3H3,(H,11,14)(H,15,16). The first-order chi connectivity index (χ1) is 7.45. The van der Waals surface area contributed by atoms with Crippen molar-refractivity contribution in [2.45, 2.75) is 26.3 Å². The lowest BCUT2D eigenvalue weighted by Gasteiger charge is -2.09. The third-order valence-electron chi connectivity index (χ3n) is 2.26.